The van der Waals surface area contributed by atoms with Gasteiger partial charge in [-0.25, -0.2) is 4.79 Å². The Morgan fingerprint density at radius 1 is 1.03 bits per heavy atom. The number of ether oxygens (including phenoxy) is 1. The molecule has 2 bridgehead atoms. The van der Waals surface area contributed by atoms with E-state index in [0.29, 0.717) is 5.56 Å². The fraction of sp³-hybridized carbons (Fsp3) is 0.545. The molecule has 0 aromatic heterocycles. The number of amides is 2. The molecule has 2 aliphatic carbocycles. The molecule has 1 saturated heterocycles. The van der Waals surface area contributed by atoms with Gasteiger partial charge >= 0.3 is 5.97 Å². The van der Waals surface area contributed by atoms with Crippen molar-refractivity contribution in [1.82, 2.24) is 4.90 Å². The maximum absolute atomic E-state index is 13.2. The number of benzene rings is 1. The third-order valence-corrected chi connectivity index (χ3v) is 9.82. The van der Waals surface area contributed by atoms with Gasteiger partial charge in [-0.3, -0.25) is 19.3 Å². The summed E-state index contributed by atoms with van der Waals surface area (Å²) in [5.41, 5.74) is 0.442. The second-order valence-corrected chi connectivity index (χ2v) is 10.8. The Labute approximate surface area is 192 Å². The number of hydrogen-bond acceptors (Lipinski definition) is 5. The summed E-state index contributed by atoms with van der Waals surface area (Å²) in [6, 6.07) is 7.52. The zero-order valence-electron chi connectivity index (χ0n) is 16.7. The van der Waals surface area contributed by atoms with Gasteiger partial charge in [0.2, 0.25) is 11.8 Å². The van der Waals surface area contributed by atoms with Gasteiger partial charge in [-0.2, -0.15) is 0 Å². The number of rotatable bonds is 6. The van der Waals surface area contributed by atoms with Crippen LogP contribution in [0.1, 0.15) is 30.6 Å². The number of fused-ring (bicyclic) bond motifs is 5. The molecule has 7 atom stereocenters. The molecule has 0 unspecified atom stereocenters. The van der Waals surface area contributed by atoms with Crippen molar-refractivity contribution in [3.63, 3.8) is 0 Å². The number of carbonyl (C=O) groups is 4. The predicted octanol–water partition coefficient (Wildman–Crippen LogP) is 3.22. The van der Waals surface area contributed by atoms with E-state index in [1.807, 2.05) is 0 Å². The monoisotopic (exact) mass is 539 g/mol. The molecule has 1 aliphatic heterocycles. The molecule has 0 spiro atoms. The highest BCUT2D eigenvalue weighted by atomic mass is 79.9. The van der Waals surface area contributed by atoms with Crippen molar-refractivity contribution in [3.05, 3.63) is 35.9 Å². The van der Waals surface area contributed by atoms with Crippen molar-refractivity contribution < 1.29 is 23.9 Å². The van der Waals surface area contributed by atoms with E-state index in [-0.39, 0.29) is 56.8 Å². The number of hydrogen-bond donors (Lipinski definition) is 0. The Hall–Kier alpha value is -1.54. The quantitative estimate of drug-likeness (QED) is 0.239. The number of ketones is 1. The van der Waals surface area contributed by atoms with Gasteiger partial charge in [-0.1, -0.05) is 76.0 Å². The van der Waals surface area contributed by atoms with Crippen molar-refractivity contribution in [2.75, 3.05) is 6.61 Å². The van der Waals surface area contributed by atoms with Crippen LogP contribution in [0, 0.1) is 29.6 Å². The number of alkyl halides is 2. The Bertz CT molecular complexity index is 857. The third-order valence-electron chi connectivity index (χ3n) is 6.61. The normalized spacial score (nSPS) is 33.2. The van der Waals surface area contributed by atoms with Crippen molar-refractivity contribution in [3.8, 4) is 0 Å². The lowest BCUT2D eigenvalue weighted by Crippen LogP contribution is -2.50. The summed E-state index contributed by atoms with van der Waals surface area (Å²) in [6.07, 6.45) is 0.828. The molecule has 1 aromatic rings. The topological polar surface area (TPSA) is 80.8 Å². The molecule has 8 heteroatoms. The molecular weight excluding hydrogens is 518 g/mol. The standard InChI is InChI=1S/C22H23Br2NO5/c1-10(2)19(22(29)30-9-14(26)11-6-4-3-5-7-11)25-20(27)15-12-8-13(16(15)21(25)28)18(24)17(12)23/h3-7,10,12-13,15-19H,8-9H2,1-2H3/t12-,13-,15-,16-,17-,18+,19-/m0/s1. The fourth-order valence-electron chi connectivity index (χ4n) is 5.25. The maximum Gasteiger partial charge on any atom is 0.330 e. The van der Waals surface area contributed by atoms with Crippen molar-refractivity contribution in [2.45, 2.75) is 36.0 Å². The number of nitrogens with zero attached hydrogens (tertiary/aromatic N) is 1. The first-order valence-corrected chi connectivity index (χ1v) is 12.0. The first-order chi connectivity index (χ1) is 14.2. The number of carbonyl (C=O) groups excluding carboxylic acids is 4. The van der Waals surface area contributed by atoms with Crippen molar-refractivity contribution in [1.29, 1.82) is 0 Å². The number of halogens is 2. The van der Waals surface area contributed by atoms with Crippen molar-refractivity contribution in [2.24, 2.45) is 29.6 Å². The van der Waals surface area contributed by atoms with Gasteiger partial charge in [-0.05, 0) is 24.2 Å². The molecular formula is C22H23Br2NO5. The van der Waals surface area contributed by atoms with Gasteiger partial charge < -0.3 is 4.74 Å². The van der Waals surface area contributed by atoms with E-state index in [1.54, 1.807) is 44.2 Å². The SMILES string of the molecule is CC(C)[C@@H](C(=O)OCC(=O)c1ccccc1)N1C(=O)[C@H]2[C@@H]3C[C@H]([C@@H](Br)[C@H]3Br)[C@@H]2C1=O. The molecule has 0 N–H and O–H groups in total. The third kappa shape index (κ3) is 3.36. The number of imide groups is 1. The number of esters is 1. The first kappa shape index (κ1) is 21.7. The van der Waals surface area contributed by atoms with Crippen LogP contribution in [0.2, 0.25) is 0 Å². The molecule has 3 fully saturated rings. The van der Waals surface area contributed by atoms with Crippen molar-refractivity contribution >= 4 is 55.4 Å². The van der Waals surface area contributed by atoms with Gasteiger partial charge in [0.05, 0.1) is 11.8 Å². The molecule has 2 amide bonds. The highest BCUT2D eigenvalue weighted by molar-refractivity contribution is 9.12. The second kappa shape index (κ2) is 8.19. The summed E-state index contributed by atoms with van der Waals surface area (Å²) in [5.74, 6) is -2.56. The lowest BCUT2D eigenvalue weighted by molar-refractivity contribution is -0.160. The summed E-state index contributed by atoms with van der Waals surface area (Å²) in [6.45, 7) is 3.12. The van der Waals surface area contributed by atoms with Gasteiger partial charge in [-0.15, -0.1) is 0 Å². The number of likely N-dealkylation sites (tertiary alicyclic amines) is 1. The van der Waals surface area contributed by atoms with E-state index in [0.717, 1.165) is 11.3 Å². The second-order valence-electron chi connectivity index (χ2n) is 8.64. The minimum atomic E-state index is -1.03. The minimum absolute atomic E-state index is 0.0781. The smallest absolute Gasteiger partial charge is 0.330 e. The van der Waals surface area contributed by atoms with E-state index >= 15 is 0 Å². The Kier molecular flexibility index (Phi) is 5.92. The lowest BCUT2D eigenvalue weighted by Gasteiger charge is -2.28. The summed E-state index contributed by atoms with van der Waals surface area (Å²) in [5, 5.41) is 0. The van der Waals surface area contributed by atoms with Crippen LogP contribution in [0.5, 0.6) is 0 Å². The van der Waals surface area contributed by atoms with E-state index in [1.165, 1.54) is 0 Å². The largest absolute Gasteiger partial charge is 0.456 e. The summed E-state index contributed by atoms with van der Waals surface area (Å²) >= 11 is 7.33. The molecule has 160 valence electrons. The predicted molar refractivity (Wildman–Crippen MR) is 116 cm³/mol. The summed E-state index contributed by atoms with van der Waals surface area (Å²) in [7, 11) is 0. The zero-order valence-corrected chi connectivity index (χ0v) is 19.8. The molecule has 1 aromatic carbocycles. The molecule has 2 saturated carbocycles. The van der Waals surface area contributed by atoms with Crippen LogP contribution in [-0.2, 0) is 19.1 Å². The molecule has 3 aliphatic rings. The van der Waals surface area contributed by atoms with E-state index in [2.05, 4.69) is 31.9 Å². The zero-order chi connectivity index (χ0) is 21.7. The summed E-state index contributed by atoms with van der Waals surface area (Å²) in [4.78, 5) is 53.0. The summed E-state index contributed by atoms with van der Waals surface area (Å²) < 4.78 is 5.27. The molecule has 4 rings (SSSR count). The lowest BCUT2D eigenvalue weighted by atomic mass is 9.81. The van der Waals surface area contributed by atoms with Crippen LogP contribution >= 0.6 is 31.9 Å². The van der Waals surface area contributed by atoms with Crippen LogP contribution in [-0.4, -0.2) is 50.8 Å². The van der Waals surface area contributed by atoms with Crippen LogP contribution < -0.4 is 0 Å². The molecule has 30 heavy (non-hydrogen) atoms. The fourth-order valence-corrected chi connectivity index (χ4v) is 7.12. The van der Waals surface area contributed by atoms with Gasteiger partial charge in [0, 0.05) is 15.2 Å². The molecule has 6 nitrogen and oxygen atoms in total. The maximum atomic E-state index is 13.2. The Morgan fingerprint density at radius 3 is 2.07 bits per heavy atom. The van der Waals surface area contributed by atoms with Gasteiger partial charge in [0.15, 0.2) is 12.4 Å². The minimum Gasteiger partial charge on any atom is -0.456 e. The highest BCUT2D eigenvalue weighted by Crippen LogP contribution is 2.60. The first-order valence-electron chi connectivity index (χ1n) is 10.1. The van der Waals surface area contributed by atoms with Crippen LogP contribution in [0.4, 0.5) is 0 Å². The highest BCUT2D eigenvalue weighted by Gasteiger charge is 2.67. The van der Waals surface area contributed by atoms with Crippen LogP contribution in [0.15, 0.2) is 30.3 Å². The Balaban J connectivity index is 1.51. The van der Waals surface area contributed by atoms with E-state index in [4.69, 9.17) is 4.74 Å². The Morgan fingerprint density at radius 2 is 1.57 bits per heavy atom. The van der Waals surface area contributed by atoms with Crippen LogP contribution in [0.25, 0.3) is 0 Å². The number of Topliss-reactive ketones (excluding diaryl/α,β-unsaturated/α-hetero) is 1. The molecule has 1 heterocycles. The molecule has 0 radical (unpaired) electrons. The van der Waals surface area contributed by atoms with Crippen LogP contribution in [0.3, 0.4) is 0 Å². The van der Waals surface area contributed by atoms with Gasteiger partial charge in [0.25, 0.3) is 0 Å². The van der Waals surface area contributed by atoms with E-state index in [9.17, 15) is 19.2 Å². The van der Waals surface area contributed by atoms with E-state index < -0.39 is 18.6 Å². The average Bonchev–Trinajstić information content (AvgIpc) is 3.33. The average molecular weight is 541 g/mol. The van der Waals surface area contributed by atoms with Gasteiger partial charge in [0.1, 0.15) is 6.04 Å².